The number of nitrogens with zero attached hydrogens (tertiary/aromatic N) is 7. The van der Waals surface area contributed by atoms with Gasteiger partial charge in [0.1, 0.15) is 6.04 Å². The van der Waals surface area contributed by atoms with Crippen LogP contribution in [0.3, 0.4) is 0 Å². The lowest BCUT2D eigenvalue weighted by atomic mass is 10.1. The van der Waals surface area contributed by atoms with Gasteiger partial charge in [-0.2, -0.15) is 20.7 Å². The fourth-order valence-electron chi connectivity index (χ4n) is 2.92. The van der Waals surface area contributed by atoms with Crippen molar-refractivity contribution in [3.05, 3.63) is 0 Å². The standard InChI is InChI=1S/C12H19N8/c1-4-14-19(6-1)20-9-10(8-15-20)18-7-3-12(17-18)11-2-5-13-16-11/h8,10,14H,1-7,9H2. The SMILES string of the molecule is C1=NN(N2CCCN2)CC1N1CCC(C2=N[N]CC2)=N1. The molecule has 4 heterocycles. The summed E-state index contributed by atoms with van der Waals surface area (Å²) in [7, 11) is 0. The molecule has 0 aromatic rings. The molecule has 0 spiro atoms. The fourth-order valence-corrected chi connectivity index (χ4v) is 2.92. The van der Waals surface area contributed by atoms with Crippen molar-refractivity contribution in [1.29, 1.82) is 0 Å². The monoisotopic (exact) mass is 275 g/mol. The zero-order valence-corrected chi connectivity index (χ0v) is 11.4. The molecule has 4 aliphatic rings. The van der Waals surface area contributed by atoms with Gasteiger partial charge < -0.3 is 0 Å². The lowest BCUT2D eigenvalue weighted by Crippen LogP contribution is -2.46. The van der Waals surface area contributed by atoms with Crippen molar-refractivity contribution in [3.8, 4) is 0 Å². The molecule has 8 nitrogen and oxygen atoms in total. The molecule has 0 aliphatic carbocycles. The maximum Gasteiger partial charge on any atom is 0.105 e. The highest BCUT2D eigenvalue weighted by molar-refractivity contribution is 6.43. The van der Waals surface area contributed by atoms with Gasteiger partial charge in [0.25, 0.3) is 0 Å². The summed E-state index contributed by atoms with van der Waals surface area (Å²) in [4.78, 5) is 0. The third kappa shape index (κ3) is 2.14. The normalized spacial score (nSPS) is 30.1. The van der Waals surface area contributed by atoms with Crippen molar-refractivity contribution in [3.63, 3.8) is 0 Å². The smallest absolute Gasteiger partial charge is 0.105 e. The highest BCUT2D eigenvalue weighted by atomic mass is 15.9. The molecule has 0 saturated carbocycles. The molecule has 20 heavy (non-hydrogen) atoms. The second kappa shape index (κ2) is 5.02. The van der Waals surface area contributed by atoms with E-state index in [0.29, 0.717) is 0 Å². The van der Waals surface area contributed by atoms with Crippen LogP contribution >= 0.6 is 0 Å². The summed E-state index contributed by atoms with van der Waals surface area (Å²) >= 11 is 0. The summed E-state index contributed by atoms with van der Waals surface area (Å²) < 4.78 is 0. The Labute approximate surface area is 118 Å². The second-order valence-electron chi connectivity index (χ2n) is 5.39. The van der Waals surface area contributed by atoms with Crippen molar-refractivity contribution in [2.75, 3.05) is 32.7 Å². The van der Waals surface area contributed by atoms with E-state index in [1.54, 1.807) is 0 Å². The summed E-state index contributed by atoms with van der Waals surface area (Å²) in [5.74, 6) is 0. The zero-order chi connectivity index (χ0) is 13.4. The van der Waals surface area contributed by atoms with Gasteiger partial charge in [0.2, 0.25) is 0 Å². The van der Waals surface area contributed by atoms with Crippen LogP contribution in [0.25, 0.3) is 0 Å². The molecule has 1 fully saturated rings. The van der Waals surface area contributed by atoms with E-state index in [2.05, 4.69) is 31.2 Å². The van der Waals surface area contributed by atoms with E-state index in [0.717, 1.165) is 57.0 Å². The number of hydrazine groups is 2. The Hall–Kier alpha value is -1.67. The maximum atomic E-state index is 4.72. The molecule has 1 saturated heterocycles. The number of hydrogen-bond acceptors (Lipinski definition) is 7. The van der Waals surface area contributed by atoms with E-state index in [4.69, 9.17) is 5.10 Å². The van der Waals surface area contributed by atoms with Gasteiger partial charge in [0.05, 0.1) is 30.7 Å². The average Bonchev–Trinajstić information content (AvgIpc) is 3.22. The molecule has 4 aliphatic heterocycles. The first-order valence-electron chi connectivity index (χ1n) is 7.30. The molecule has 0 amide bonds. The summed E-state index contributed by atoms with van der Waals surface area (Å²) in [6.45, 7) is 4.68. The summed E-state index contributed by atoms with van der Waals surface area (Å²) in [6, 6.07) is 0.258. The van der Waals surface area contributed by atoms with E-state index in [9.17, 15) is 0 Å². The van der Waals surface area contributed by atoms with Crippen LogP contribution in [0.1, 0.15) is 19.3 Å². The third-order valence-electron chi connectivity index (χ3n) is 4.02. The number of nitrogens with one attached hydrogen (secondary N) is 1. The third-order valence-corrected chi connectivity index (χ3v) is 4.02. The van der Waals surface area contributed by atoms with Gasteiger partial charge in [0, 0.05) is 32.5 Å². The van der Waals surface area contributed by atoms with Crippen LogP contribution in [-0.2, 0) is 0 Å². The van der Waals surface area contributed by atoms with Crippen LogP contribution in [0.4, 0.5) is 0 Å². The predicted octanol–water partition coefficient (Wildman–Crippen LogP) is -0.792. The van der Waals surface area contributed by atoms with E-state index in [1.807, 2.05) is 11.3 Å². The molecule has 1 unspecified atom stereocenters. The van der Waals surface area contributed by atoms with Crippen molar-refractivity contribution < 1.29 is 0 Å². The van der Waals surface area contributed by atoms with Crippen LogP contribution in [-0.4, -0.2) is 71.6 Å². The number of hydrazone groups is 2. The summed E-state index contributed by atoms with van der Waals surface area (Å²) in [5, 5.41) is 19.6. The number of rotatable bonds is 3. The van der Waals surface area contributed by atoms with Crippen molar-refractivity contribution >= 4 is 17.6 Å². The fraction of sp³-hybridized carbons (Fsp3) is 0.750. The molecular weight excluding hydrogens is 256 g/mol. The minimum absolute atomic E-state index is 0.258. The minimum atomic E-state index is 0.258. The Morgan fingerprint density at radius 1 is 1.20 bits per heavy atom. The Morgan fingerprint density at radius 2 is 2.20 bits per heavy atom. The first-order chi connectivity index (χ1) is 9.90. The van der Waals surface area contributed by atoms with Gasteiger partial charge in [-0.3, -0.25) is 5.01 Å². The molecule has 1 radical (unpaired) electrons. The van der Waals surface area contributed by atoms with Crippen LogP contribution in [0, 0.1) is 0 Å². The van der Waals surface area contributed by atoms with Gasteiger partial charge in [-0.15, -0.1) is 5.12 Å². The lowest BCUT2D eigenvalue weighted by molar-refractivity contribution is -0.0412. The van der Waals surface area contributed by atoms with Crippen LogP contribution in [0.15, 0.2) is 15.3 Å². The van der Waals surface area contributed by atoms with Gasteiger partial charge in [-0.05, 0) is 6.42 Å². The molecule has 1 atom stereocenters. The van der Waals surface area contributed by atoms with E-state index < -0.39 is 0 Å². The largest absolute Gasteiger partial charge is 0.286 e. The Balaban J connectivity index is 1.39. The molecule has 8 heteroatoms. The first kappa shape index (κ1) is 12.1. The highest BCUT2D eigenvalue weighted by Crippen LogP contribution is 2.18. The first-order valence-corrected chi connectivity index (χ1v) is 7.30. The van der Waals surface area contributed by atoms with Crippen molar-refractivity contribution in [1.82, 2.24) is 26.1 Å². The second-order valence-corrected chi connectivity index (χ2v) is 5.39. The lowest BCUT2D eigenvalue weighted by Gasteiger charge is -2.27. The van der Waals surface area contributed by atoms with Gasteiger partial charge in [-0.1, -0.05) is 0 Å². The molecule has 4 rings (SSSR count). The number of hydrogen-bond donors (Lipinski definition) is 1. The van der Waals surface area contributed by atoms with E-state index >= 15 is 0 Å². The molecule has 1 N–H and O–H groups in total. The van der Waals surface area contributed by atoms with Crippen LogP contribution in [0.2, 0.25) is 0 Å². The van der Waals surface area contributed by atoms with Gasteiger partial charge in [0.15, 0.2) is 0 Å². The average molecular weight is 275 g/mol. The molecule has 0 aromatic heterocycles. The molecular formula is C12H19N8. The Morgan fingerprint density at radius 3 is 3.00 bits per heavy atom. The topological polar surface area (TPSA) is 72.9 Å². The van der Waals surface area contributed by atoms with Crippen molar-refractivity contribution in [2.24, 2.45) is 15.3 Å². The quantitative estimate of drug-likeness (QED) is 0.732. The minimum Gasteiger partial charge on any atom is -0.286 e. The highest BCUT2D eigenvalue weighted by Gasteiger charge is 2.31. The molecule has 107 valence electrons. The predicted molar refractivity (Wildman–Crippen MR) is 76.1 cm³/mol. The summed E-state index contributed by atoms with van der Waals surface area (Å²) in [5.41, 5.74) is 9.54. The van der Waals surface area contributed by atoms with Gasteiger partial charge in [-0.25, -0.2) is 10.5 Å². The molecule has 0 aromatic carbocycles. The van der Waals surface area contributed by atoms with E-state index in [-0.39, 0.29) is 6.04 Å². The van der Waals surface area contributed by atoms with E-state index in [1.165, 1.54) is 6.42 Å². The Kier molecular flexibility index (Phi) is 3.04. The Bertz CT molecular complexity index is 464. The summed E-state index contributed by atoms with van der Waals surface area (Å²) in [6.07, 6.45) is 5.08. The van der Waals surface area contributed by atoms with Gasteiger partial charge >= 0.3 is 0 Å². The zero-order valence-electron chi connectivity index (χ0n) is 11.4. The van der Waals surface area contributed by atoms with Crippen molar-refractivity contribution in [2.45, 2.75) is 25.3 Å². The van der Waals surface area contributed by atoms with Crippen LogP contribution < -0.4 is 10.9 Å². The van der Waals surface area contributed by atoms with Crippen LogP contribution in [0.5, 0.6) is 0 Å². The maximum absolute atomic E-state index is 4.72. The molecule has 0 bridgehead atoms.